The van der Waals surface area contributed by atoms with E-state index in [0.717, 1.165) is 19.4 Å². The second-order valence-electron chi connectivity index (χ2n) is 5.80. The van der Waals surface area contributed by atoms with E-state index < -0.39 is 0 Å². The average Bonchev–Trinajstić information content (AvgIpc) is 2.89. The summed E-state index contributed by atoms with van der Waals surface area (Å²) < 4.78 is 12.9. The van der Waals surface area contributed by atoms with Crippen LogP contribution in [0.5, 0.6) is 0 Å². The molecule has 0 spiro atoms. The van der Waals surface area contributed by atoms with Gasteiger partial charge in [-0.2, -0.15) is 0 Å². The number of amides is 1. The Balaban J connectivity index is 2.16. The molecular formula is C16H22FNO. The fourth-order valence-corrected chi connectivity index (χ4v) is 2.77. The third-order valence-corrected chi connectivity index (χ3v) is 3.68. The van der Waals surface area contributed by atoms with Gasteiger partial charge in [-0.25, -0.2) is 4.39 Å². The van der Waals surface area contributed by atoms with Crippen LogP contribution in [-0.2, 0) is 0 Å². The van der Waals surface area contributed by atoms with Gasteiger partial charge in [0.1, 0.15) is 5.82 Å². The third-order valence-electron chi connectivity index (χ3n) is 3.68. The first-order chi connectivity index (χ1) is 9.08. The fraction of sp³-hybridized carbons (Fsp3) is 0.562. The Hall–Kier alpha value is -1.38. The smallest absolute Gasteiger partial charge is 0.254 e. The van der Waals surface area contributed by atoms with Gasteiger partial charge < -0.3 is 4.90 Å². The molecule has 1 aliphatic carbocycles. The summed E-state index contributed by atoms with van der Waals surface area (Å²) in [5.41, 5.74) is 0.592. The van der Waals surface area contributed by atoms with Crippen LogP contribution in [0, 0.1) is 11.7 Å². The molecule has 104 valence electrons. The molecule has 1 aliphatic rings. The summed E-state index contributed by atoms with van der Waals surface area (Å²) in [5.74, 6) is 0.193. The number of benzene rings is 1. The lowest BCUT2D eigenvalue weighted by Crippen LogP contribution is -2.41. The van der Waals surface area contributed by atoms with Gasteiger partial charge in [0, 0.05) is 18.2 Å². The van der Waals surface area contributed by atoms with Gasteiger partial charge in [0.05, 0.1) is 0 Å². The Morgan fingerprint density at radius 3 is 2.37 bits per heavy atom. The van der Waals surface area contributed by atoms with E-state index in [1.54, 1.807) is 12.1 Å². The van der Waals surface area contributed by atoms with E-state index in [2.05, 4.69) is 13.8 Å². The van der Waals surface area contributed by atoms with Crippen LogP contribution in [0.1, 0.15) is 49.9 Å². The Kier molecular flexibility index (Phi) is 4.56. The van der Waals surface area contributed by atoms with E-state index in [1.165, 1.54) is 25.0 Å². The average molecular weight is 263 g/mol. The van der Waals surface area contributed by atoms with Gasteiger partial charge >= 0.3 is 0 Å². The Labute approximate surface area is 114 Å². The normalized spacial score (nSPS) is 16.0. The van der Waals surface area contributed by atoms with Crippen molar-refractivity contribution in [2.45, 2.75) is 45.6 Å². The molecule has 0 bridgehead atoms. The summed E-state index contributed by atoms with van der Waals surface area (Å²) in [6.45, 7) is 5.03. The Morgan fingerprint density at radius 2 is 1.84 bits per heavy atom. The van der Waals surface area contributed by atoms with Gasteiger partial charge in [0.25, 0.3) is 5.91 Å². The summed E-state index contributed by atoms with van der Waals surface area (Å²) >= 11 is 0. The van der Waals surface area contributed by atoms with Crippen molar-refractivity contribution in [2.75, 3.05) is 6.54 Å². The molecular weight excluding hydrogens is 241 g/mol. The van der Waals surface area contributed by atoms with Crippen LogP contribution in [-0.4, -0.2) is 23.4 Å². The maximum Gasteiger partial charge on any atom is 0.254 e. The first kappa shape index (κ1) is 14.0. The highest BCUT2D eigenvalue weighted by atomic mass is 19.1. The molecule has 1 fully saturated rings. The van der Waals surface area contributed by atoms with E-state index in [1.807, 2.05) is 4.90 Å². The first-order valence-electron chi connectivity index (χ1n) is 7.14. The van der Waals surface area contributed by atoms with Gasteiger partial charge in [0.15, 0.2) is 0 Å². The van der Waals surface area contributed by atoms with Crippen LogP contribution in [0.3, 0.4) is 0 Å². The highest BCUT2D eigenvalue weighted by Crippen LogP contribution is 2.25. The lowest BCUT2D eigenvalue weighted by Gasteiger charge is -2.30. The van der Waals surface area contributed by atoms with Gasteiger partial charge in [-0.3, -0.25) is 4.79 Å². The third kappa shape index (κ3) is 3.55. The standard InChI is InChI=1S/C16H22FNO/c1-12(2)11-18(15-5-3-4-6-15)16(19)13-7-9-14(17)10-8-13/h7-10,12,15H,3-6,11H2,1-2H3. The number of carbonyl (C=O) groups is 1. The van der Waals surface area contributed by atoms with E-state index in [-0.39, 0.29) is 11.7 Å². The lowest BCUT2D eigenvalue weighted by atomic mass is 10.1. The number of carbonyl (C=O) groups excluding carboxylic acids is 1. The lowest BCUT2D eigenvalue weighted by molar-refractivity contribution is 0.0655. The minimum atomic E-state index is -0.298. The summed E-state index contributed by atoms with van der Waals surface area (Å²) in [7, 11) is 0. The SMILES string of the molecule is CC(C)CN(C(=O)c1ccc(F)cc1)C1CCCC1. The monoisotopic (exact) mass is 263 g/mol. The molecule has 1 amide bonds. The number of hydrogen-bond acceptors (Lipinski definition) is 1. The number of rotatable bonds is 4. The Morgan fingerprint density at radius 1 is 1.26 bits per heavy atom. The molecule has 3 heteroatoms. The van der Waals surface area contributed by atoms with E-state index in [0.29, 0.717) is 17.5 Å². The molecule has 0 heterocycles. The molecule has 2 nitrogen and oxygen atoms in total. The van der Waals surface area contributed by atoms with Crippen molar-refractivity contribution in [1.82, 2.24) is 4.90 Å². The second-order valence-corrected chi connectivity index (χ2v) is 5.80. The first-order valence-corrected chi connectivity index (χ1v) is 7.14. The van der Waals surface area contributed by atoms with Crippen molar-refractivity contribution < 1.29 is 9.18 Å². The van der Waals surface area contributed by atoms with Crippen molar-refractivity contribution in [2.24, 2.45) is 5.92 Å². The largest absolute Gasteiger partial charge is 0.335 e. The van der Waals surface area contributed by atoms with Crippen molar-refractivity contribution in [1.29, 1.82) is 0 Å². The highest BCUT2D eigenvalue weighted by molar-refractivity contribution is 5.94. The number of halogens is 1. The fourth-order valence-electron chi connectivity index (χ4n) is 2.77. The zero-order chi connectivity index (χ0) is 13.8. The minimum Gasteiger partial charge on any atom is -0.335 e. The molecule has 19 heavy (non-hydrogen) atoms. The molecule has 0 atom stereocenters. The van der Waals surface area contributed by atoms with Crippen LogP contribution in [0.15, 0.2) is 24.3 Å². The molecule has 2 rings (SSSR count). The zero-order valence-electron chi connectivity index (χ0n) is 11.7. The molecule has 0 unspecified atom stereocenters. The van der Waals surface area contributed by atoms with E-state index in [9.17, 15) is 9.18 Å². The number of nitrogens with zero attached hydrogens (tertiary/aromatic N) is 1. The second kappa shape index (κ2) is 6.18. The molecule has 1 aromatic carbocycles. The van der Waals surface area contributed by atoms with Crippen LogP contribution in [0.2, 0.25) is 0 Å². The maximum atomic E-state index is 12.9. The van der Waals surface area contributed by atoms with Crippen molar-refractivity contribution in [3.8, 4) is 0 Å². The molecule has 0 radical (unpaired) electrons. The van der Waals surface area contributed by atoms with Crippen molar-refractivity contribution >= 4 is 5.91 Å². The van der Waals surface area contributed by atoms with Crippen LogP contribution < -0.4 is 0 Å². The van der Waals surface area contributed by atoms with Gasteiger partial charge in [-0.1, -0.05) is 26.7 Å². The quantitative estimate of drug-likeness (QED) is 0.807. The molecule has 1 aromatic rings. The summed E-state index contributed by atoms with van der Waals surface area (Å²) in [5, 5.41) is 0. The molecule has 0 saturated heterocycles. The Bertz CT molecular complexity index is 421. The topological polar surface area (TPSA) is 20.3 Å². The van der Waals surface area contributed by atoms with Crippen LogP contribution in [0.25, 0.3) is 0 Å². The predicted octanol–water partition coefficient (Wildman–Crippen LogP) is 3.87. The minimum absolute atomic E-state index is 0.0422. The molecule has 1 saturated carbocycles. The summed E-state index contributed by atoms with van der Waals surface area (Å²) in [4.78, 5) is 14.6. The molecule has 0 aliphatic heterocycles. The zero-order valence-corrected chi connectivity index (χ0v) is 11.7. The highest BCUT2D eigenvalue weighted by Gasteiger charge is 2.27. The van der Waals surface area contributed by atoms with Gasteiger partial charge in [0.2, 0.25) is 0 Å². The van der Waals surface area contributed by atoms with Crippen molar-refractivity contribution in [3.63, 3.8) is 0 Å². The van der Waals surface area contributed by atoms with Crippen LogP contribution >= 0.6 is 0 Å². The predicted molar refractivity (Wildman–Crippen MR) is 74.5 cm³/mol. The van der Waals surface area contributed by atoms with E-state index >= 15 is 0 Å². The van der Waals surface area contributed by atoms with Gasteiger partial charge in [-0.15, -0.1) is 0 Å². The number of hydrogen-bond donors (Lipinski definition) is 0. The molecule has 0 N–H and O–H groups in total. The van der Waals surface area contributed by atoms with Crippen LogP contribution in [0.4, 0.5) is 4.39 Å². The maximum absolute atomic E-state index is 12.9. The van der Waals surface area contributed by atoms with Gasteiger partial charge in [-0.05, 0) is 43.0 Å². The molecule has 0 aromatic heterocycles. The summed E-state index contributed by atoms with van der Waals surface area (Å²) in [6, 6.07) is 6.24. The van der Waals surface area contributed by atoms with Crippen molar-refractivity contribution in [3.05, 3.63) is 35.6 Å². The summed E-state index contributed by atoms with van der Waals surface area (Å²) in [6.07, 6.45) is 4.60. The van der Waals surface area contributed by atoms with E-state index in [4.69, 9.17) is 0 Å².